The number of carbonyl (C=O) groups is 1. The summed E-state index contributed by atoms with van der Waals surface area (Å²) in [6.07, 6.45) is 1.02. The molecular formula is C16H22ClNO3. The Kier molecular flexibility index (Phi) is 6.03. The second-order valence-corrected chi connectivity index (χ2v) is 5.75. The molecule has 0 radical (unpaired) electrons. The summed E-state index contributed by atoms with van der Waals surface area (Å²) >= 11 is 5.91. The summed E-state index contributed by atoms with van der Waals surface area (Å²) < 4.78 is 10.6. The number of hydrogen-bond acceptors (Lipinski definition) is 4. The molecule has 116 valence electrons. The highest BCUT2D eigenvalue weighted by Gasteiger charge is 2.28. The minimum atomic E-state index is -0.474. The molecular weight excluding hydrogens is 290 g/mol. The van der Waals surface area contributed by atoms with E-state index in [0.717, 1.165) is 25.2 Å². The fourth-order valence-corrected chi connectivity index (χ4v) is 2.65. The van der Waals surface area contributed by atoms with Crippen LogP contribution in [0.2, 0.25) is 5.02 Å². The van der Waals surface area contributed by atoms with Gasteiger partial charge in [0, 0.05) is 17.7 Å². The van der Waals surface area contributed by atoms with Crippen molar-refractivity contribution in [2.24, 2.45) is 5.92 Å². The molecule has 1 saturated heterocycles. The molecule has 0 unspecified atom stereocenters. The zero-order valence-electron chi connectivity index (χ0n) is 12.5. The lowest BCUT2D eigenvalue weighted by Crippen LogP contribution is -2.40. The van der Waals surface area contributed by atoms with Crippen LogP contribution in [0.4, 0.5) is 0 Å². The van der Waals surface area contributed by atoms with Gasteiger partial charge in [0.05, 0.1) is 13.2 Å². The Morgan fingerprint density at radius 2 is 2.19 bits per heavy atom. The lowest BCUT2D eigenvalue weighted by atomic mass is 9.98. The average molecular weight is 312 g/mol. The summed E-state index contributed by atoms with van der Waals surface area (Å²) in [5.41, 5.74) is 0.864. The standard InChI is InChI=1S/C16H22ClNO3/c1-3-21-16(19)15(12-4-6-14(17)7-5-12)18-11(2)13-8-9-20-10-13/h4-7,11,13,15,18H,3,8-10H2,1-2H3/t11-,13+,15-/m1/s1. The fraction of sp³-hybridized carbons (Fsp3) is 0.562. The van der Waals surface area contributed by atoms with Gasteiger partial charge >= 0.3 is 5.97 Å². The Hall–Kier alpha value is -1.10. The van der Waals surface area contributed by atoms with E-state index in [1.807, 2.05) is 19.1 Å². The topological polar surface area (TPSA) is 47.6 Å². The molecule has 0 bridgehead atoms. The number of carbonyl (C=O) groups excluding carboxylic acids is 1. The second kappa shape index (κ2) is 7.78. The van der Waals surface area contributed by atoms with Crippen LogP contribution in [-0.4, -0.2) is 31.8 Å². The van der Waals surface area contributed by atoms with Gasteiger partial charge in [-0.05, 0) is 43.9 Å². The van der Waals surface area contributed by atoms with Gasteiger partial charge in [-0.2, -0.15) is 0 Å². The van der Waals surface area contributed by atoms with E-state index in [0.29, 0.717) is 17.5 Å². The zero-order valence-corrected chi connectivity index (χ0v) is 13.2. The van der Waals surface area contributed by atoms with Gasteiger partial charge in [0.15, 0.2) is 0 Å². The predicted octanol–water partition coefficient (Wildman–Crippen LogP) is 2.96. The molecule has 0 saturated carbocycles. The molecule has 2 rings (SSSR count). The Morgan fingerprint density at radius 1 is 1.48 bits per heavy atom. The van der Waals surface area contributed by atoms with Crippen molar-refractivity contribution in [1.29, 1.82) is 0 Å². The molecule has 1 heterocycles. The van der Waals surface area contributed by atoms with E-state index < -0.39 is 6.04 Å². The smallest absolute Gasteiger partial charge is 0.327 e. The maximum Gasteiger partial charge on any atom is 0.327 e. The average Bonchev–Trinajstić information content (AvgIpc) is 3.00. The monoisotopic (exact) mass is 311 g/mol. The first-order valence-corrected chi connectivity index (χ1v) is 7.75. The van der Waals surface area contributed by atoms with Crippen LogP contribution in [0.5, 0.6) is 0 Å². The summed E-state index contributed by atoms with van der Waals surface area (Å²) in [5, 5.41) is 4.03. The van der Waals surface area contributed by atoms with Gasteiger partial charge in [-0.15, -0.1) is 0 Å². The van der Waals surface area contributed by atoms with Crippen molar-refractivity contribution < 1.29 is 14.3 Å². The summed E-state index contributed by atoms with van der Waals surface area (Å²) in [6.45, 7) is 5.80. The predicted molar refractivity (Wildman–Crippen MR) is 82.3 cm³/mol. The minimum Gasteiger partial charge on any atom is -0.465 e. The van der Waals surface area contributed by atoms with E-state index in [9.17, 15) is 4.79 Å². The lowest BCUT2D eigenvalue weighted by molar-refractivity contribution is -0.146. The third-order valence-corrected chi connectivity index (χ3v) is 4.08. The molecule has 1 fully saturated rings. The number of benzene rings is 1. The number of nitrogens with one attached hydrogen (secondary N) is 1. The first-order chi connectivity index (χ1) is 10.1. The van der Waals surface area contributed by atoms with Gasteiger partial charge in [-0.1, -0.05) is 23.7 Å². The Labute approximate surface area is 130 Å². The molecule has 0 amide bonds. The van der Waals surface area contributed by atoms with Crippen LogP contribution in [-0.2, 0) is 14.3 Å². The summed E-state index contributed by atoms with van der Waals surface area (Å²) in [6, 6.07) is 6.99. The van der Waals surface area contributed by atoms with E-state index >= 15 is 0 Å². The highest BCUT2D eigenvalue weighted by Crippen LogP contribution is 2.22. The lowest BCUT2D eigenvalue weighted by Gasteiger charge is -2.25. The van der Waals surface area contributed by atoms with Gasteiger partial charge in [0.25, 0.3) is 0 Å². The quantitative estimate of drug-likeness (QED) is 0.821. The van der Waals surface area contributed by atoms with Crippen molar-refractivity contribution >= 4 is 17.6 Å². The van der Waals surface area contributed by atoms with Crippen LogP contribution >= 0.6 is 11.6 Å². The van der Waals surface area contributed by atoms with Gasteiger partial charge in [0.1, 0.15) is 6.04 Å². The molecule has 0 aliphatic carbocycles. The Morgan fingerprint density at radius 3 is 2.76 bits per heavy atom. The first kappa shape index (κ1) is 16.3. The van der Waals surface area contributed by atoms with Gasteiger partial charge < -0.3 is 9.47 Å². The third kappa shape index (κ3) is 4.43. The largest absolute Gasteiger partial charge is 0.465 e. The van der Waals surface area contributed by atoms with E-state index in [4.69, 9.17) is 21.1 Å². The number of esters is 1. The molecule has 0 aromatic heterocycles. The van der Waals surface area contributed by atoms with E-state index in [1.165, 1.54) is 0 Å². The van der Waals surface area contributed by atoms with Crippen LogP contribution in [0.15, 0.2) is 24.3 Å². The van der Waals surface area contributed by atoms with Crippen molar-refractivity contribution in [3.05, 3.63) is 34.9 Å². The molecule has 1 aromatic rings. The Bertz CT molecular complexity index is 457. The van der Waals surface area contributed by atoms with E-state index in [1.54, 1.807) is 12.1 Å². The van der Waals surface area contributed by atoms with Crippen molar-refractivity contribution in [2.45, 2.75) is 32.4 Å². The molecule has 1 aliphatic rings. The van der Waals surface area contributed by atoms with Gasteiger partial charge in [-0.3, -0.25) is 5.32 Å². The summed E-state index contributed by atoms with van der Waals surface area (Å²) in [7, 11) is 0. The van der Waals surface area contributed by atoms with Crippen LogP contribution in [0.1, 0.15) is 31.9 Å². The number of rotatable bonds is 6. The van der Waals surface area contributed by atoms with Crippen LogP contribution in [0, 0.1) is 5.92 Å². The van der Waals surface area contributed by atoms with Crippen LogP contribution in [0.3, 0.4) is 0 Å². The van der Waals surface area contributed by atoms with E-state index in [2.05, 4.69) is 12.2 Å². The second-order valence-electron chi connectivity index (χ2n) is 5.32. The van der Waals surface area contributed by atoms with Gasteiger partial charge in [-0.25, -0.2) is 4.79 Å². The maximum atomic E-state index is 12.2. The highest BCUT2D eigenvalue weighted by molar-refractivity contribution is 6.30. The van der Waals surface area contributed by atoms with Crippen molar-refractivity contribution in [1.82, 2.24) is 5.32 Å². The SMILES string of the molecule is CCOC(=O)[C@H](N[C@H](C)[C@H]1CCOC1)c1ccc(Cl)cc1. The van der Waals surface area contributed by atoms with Crippen LogP contribution in [0.25, 0.3) is 0 Å². The molecule has 1 aliphatic heterocycles. The van der Waals surface area contributed by atoms with Crippen molar-refractivity contribution in [3.63, 3.8) is 0 Å². The summed E-state index contributed by atoms with van der Waals surface area (Å²) in [4.78, 5) is 12.2. The third-order valence-electron chi connectivity index (χ3n) is 3.83. The van der Waals surface area contributed by atoms with Crippen LogP contribution < -0.4 is 5.32 Å². The number of hydrogen-bond donors (Lipinski definition) is 1. The molecule has 5 heteroatoms. The molecule has 4 nitrogen and oxygen atoms in total. The van der Waals surface area contributed by atoms with Crippen molar-refractivity contribution in [2.75, 3.05) is 19.8 Å². The zero-order chi connectivity index (χ0) is 15.2. The number of ether oxygens (including phenoxy) is 2. The normalized spacial score (nSPS) is 21.0. The molecule has 1 N–H and O–H groups in total. The number of halogens is 1. The Balaban J connectivity index is 2.11. The molecule has 21 heavy (non-hydrogen) atoms. The highest BCUT2D eigenvalue weighted by atomic mass is 35.5. The van der Waals surface area contributed by atoms with Gasteiger partial charge in [0.2, 0.25) is 0 Å². The first-order valence-electron chi connectivity index (χ1n) is 7.37. The molecule has 0 spiro atoms. The minimum absolute atomic E-state index is 0.178. The molecule has 1 aromatic carbocycles. The maximum absolute atomic E-state index is 12.2. The van der Waals surface area contributed by atoms with E-state index in [-0.39, 0.29) is 12.0 Å². The molecule has 3 atom stereocenters. The summed E-state index contributed by atoms with van der Waals surface area (Å²) in [5.74, 6) is 0.166. The van der Waals surface area contributed by atoms with Crippen molar-refractivity contribution in [3.8, 4) is 0 Å². The fourth-order valence-electron chi connectivity index (χ4n) is 2.53.